The summed E-state index contributed by atoms with van der Waals surface area (Å²) in [6, 6.07) is 14.7. The van der Waals surface area contributed by atoms with Crippen LogP contribution in [0.4, 0.5) is 0 Å². The van der Waals surface area contributed by atoms with Gasteiger partial charge in [-0.2, -0.15) is 0 Å². The van der Waals surface area contributed by atoms with E-state index in [0.29, 0.717) is 0 Å². The molecule has 0 bridgehead atoms. The van der Waals surface area contributed by atoms with Gasteiger partial charge >= 0.3 is 0 Å². The van der Waals surface area contributed by atoms with E-state index in [-0.39, 0.29) is 17.5 Å². The fraction of sp³-hybridized carbons (Fsp3) is 0.350. The Labute approximate surface area is 142 Å². The molecule has 0 amide bonds. The van der Waals surface area contributed by atoms with Crippen molar-refractivity contribution in [2.45, 2.75) is 19.4 Å². The lowest BCUT2D eigenvalue weighted by Gasteiger charge is -2.32. The number of Topliss-reactive ketones (excluding diaryl/α,β-unsaturated/α-hetero) is 1. The van der Waals surface area contributed by atoms with Crippen molar-refractivity contribution in [3.05, 3.63) is 59.7 Å². The number of aromatic hydroxyl groups is 1. The number of likely N-dealkylation sites (tertiary alicyclic amines) is 1. The highest BCUT2D eigenvalue weighted by atomic mass is 16.5. The van der Waals surface area contributed by atoms with Crippen LogP contribution in [0, 0.1) is 5.92 Å². The number of nitrogens with zero attached hydrogens (tertiary/aromatic N) is 1. The first-order chi connectivity index (χ1) is 11.7. The second-order valence-corrected chi connectivity index (χ2v) is 6.34. The van der Waals surface area contributed by atoms with Crippen molar-refractivity contribution in [1.82, 2.24) is 4.90 Å². The molecular weight excluding hydrogens is 302 g/mol. The van der Waals surface area contributed by atoms with E-state index in [1.165, 1.54) is 0 Å². The Balaban J connectivity index is 1.66. The second-order valence-electron chi connectivity index (χ2n) is 6.34. The third-order valence-electron chi connectivity index (χ3n) is 4.57. The summed E-state index contributed by atoms with van der Waals surface area (Å²) in [4.78, 5) is 15.1. The summed E-state index contributed by atoms with van der Waals surface area (Å²) in [7, 11) is 1.61. The molecule has 0 saturated carbocycles. The van der Waals surface area contributed by atoms with Crippen molar-refractivity contribution in [2.24, 2.45) is 5.92 Å². The number of hydrogen-bond donors (Lipinski definition) is 1. The molecule has 24 heavy (non-hydrogen) atoms. The van der Waals surface area contributed by atoms with Crippen molar-refractivity contribution in [2.75, 3.05) is 20.2 Å². The molecule has 2 aromatic carbocycles. The summed E-state index contributed by atoms with van der Waals surface area (Å²) in [6.07, 6.45) is 1.96. The molecule has 4 heteroatoms. The molecule has 1 aliphatic rings. The quantitative estimate of drug-likeness (QED) is 0.855. The Kier molecular flexibility index (Phi) is 5.16. The maximum Gasteiger partial charge on any atom is 0.167 e. The molecule has 0 unspecified atom stereocenters. The minimum atomic E-state index is 0.0305. The molecule has 126 valence electrons. The van der Waals surface area contributed by atoms with Crippen LogP contribution in [-0.2, 0) is 6.54 Å². The van der Waals surface area contributed by atoms with Crippen LogP contribution in [0.2, 0.25) is 0 Å². The van der Waals surface area contributed by atoms with E-state index < -0.39 is 0 Å². The molecule has 0 aliphatic carbocycles. The van der Waals surface area contributed by atoms with Gasteiger partial charge < -0.3 is 9.84 Å². The normalized spacial score (nSPS) is 18.3. The van der Waals surface area contributed by atoms with Crippen LogP contribution < -0.4 is 4.74 Å². The Morgan fingerprint density at radius 2 is 2.04 bits per heavy atom. The van der Waals surface area contributed by atoms with Gasteiger partial charge in [0.05, 0.1) is 7.11 Å². The monoisotopic (exact) mass is 325 g/mol. The third kappa shape index (κ3) is 3.95. The lowest BCUT2D eigenvalue weighted by Crippen LogP contribution is -2.38. The number of rotatable bonds is 5. The van der Waals surface area contributed by atoms with Gasteiger partial charge in [0.25, 0.3) is 0 Å². The standard InChI is InChI=1S/C20H23NO3/c1-24-19-6-2-4-16(12-19)20(23)17-5-3-11-21(14-17)13-15-7-9-18(22)10-8-15/h2,4,6-10,12,17,22H,3,5,11,13-14H2,1H3/t17-/m1/s1. The lowest BCUT2D eigenvalue weighted by atomic mass is 9.89. The van der Waals surface area contributed by atoms with Gasteiger partial charge in [0.15, 0.2) is 5.78 Å². The number of methoxy groups -OCH3 is 1. The van der Waals surface area contributed by atoms with E-state index in [1.54, 1.807) is 19.2 Å². The molecule has 1 atom stereocenters. The van der Waals surface area contributed by atoms with Crippen LogP contribution in [0.25, 0.3) is 0 Å². The summed E-state index contributed by atoms with van der Waals surface area (Å²) in [5.41, 5.74) is 1.88. The fourth-order valence-electron chi connectivity index (χ4n) is 3.28. The number of ketones is 1. The summed E-state index contributed by atoms with van der Waals surface area (Å²) in [5, 5.41) is 9.38. The van der Waals surface area contributed by atoms with Gasteiger partial charge in [-0.25, -0.2) is 0 Å². The zero-order valence-corrected chi connectivity index (χ0v) is 13.9. The van der Waals surface area contributed by atoms with Crippen LogP contribution in [0.1, 0.15) is 28.8 Å². The number of piperidine rings is 1. The predicted octanol–water partition coefficient (Wildman–Crippen LogP) is 3.50. The molecule has 1 aliphatic heterocycles. The van der Waals surface area contributed by atoms with Crippen molar-refractivity contribution < 1.29 is 14.6 Å². The Morgan fingerprint density at radius 1 is 1.25 bits per heavy atom. The minimum Gasteiger partial charge on any atom is -0.508 e. The molecule has 1 heterocycles. The van der Waals surface area contributed by atoms with Gasteiger partial charge in [-0.05, 0) is 49.2 Å². The Bertz CT molecular complexity index is 696. The van der Waals surface area contributed by atoms with Crippen LogP contribution >= 0.6 is 0 Å². The van der Waals surface area contributed by atoms with E-state index >= 15 is 0 Å². The Morgan fingerprint density at radius 3 is 2.79 bits per heavy atom. The second kappa shape index (κ2) is 7.49. The molecule has 0 radical (unpaired) electrons. The molecule has 1 N–H and O–H groups in total. The molecule has 2 aromatic rings. The van der Waals surface area contributed by atoms with Gasteiger partial charge in [-0.15, -0.1) is 0 Å². The van der Waals surface area contributed by atoms with Crippen molar-refractivity contribution in [3.63, 3.8) is 0 Å². The maximum atomic E-state index is 12.8. The van der Waals surface area contributed by atoms with Crippen LogP contribution in [-0.4, -0.2) is 36.0 Å². The van der Waals surface area contributed by atoms with E-state index in [0.717, 1.165) is 49.4 Å². The molecule has 3 rings (SSSR count). The topological polar surface area (TPSA) is 49.8 Å². The predicted molar refractivity (Wildman–Crippen MR) is 93.4 cm³/mol. The zero-order chi connectivity index (χ0) is 16.9. The lowest BCUT2D eigenvalue weighted by molar-refractivity contribution is 0.0811. The van der Waals surface area contributed by atoms with E-state index in [4.69, 9.17) is 4.74 Å². The summed E-state index contributed by atoms with van der Waals surface area (Å²) in [6.45, 7) is 2.59. The van der Waals surface area contributed by atoms with Crippen LogP contribution in [0.15, 0.2) is 48.5 Å². The SMILES string of the molecule is COc1cccc(C(=O)[C@@H]2CCCN(Cc3ccc(O)cc3)C2)c1. The summed E-state index contributed by atoms with van der Waals surface area (Å²) >= 11 is 0. The average molecular weight is 325 g/mol. The molecular formula is C20H23NO3. The average Bonchev–Trinajstić information content (AvgIpc) is 2.63. The van der Waals surface area contributed by atoms with Crippen molar-refractivity contribution >= 4 is 5.78 Å². The minimum absolute atomic E-state index is 0.0305. The number of hydrogen-bond acceptors (Lipinski definition) is 4. The molecule has 1 saturated heterocycles. The van der Waals surface area contributed by atoms with E-state index in [9.17, 15) is 9.90 Å². The van der Waals surface area contributed by atoms with Crippen molar-refractivity contribution in [3.8, 4) is 11.5 Å². The number of phenolic OH excluding ortho intramolecular Hbond substituents is 1. The van der Waals surface area contributed by atoms with Gasteiger partial charge in [0.2, 0.25) is 0 Å². The van der Waals surface area contributed by atoms with Gasteiger partial charge in [0, 0.05) is 24.6 Å². The van der Waals surface area contributed by atoms with Crippen LogP contribution in [0.5, 0.6) is 11.5 Å². The first kappa shape index (κ1) is 16.5. The number of benzene rings is 2. The highest BCUT2D eigenvalue weighted by Gasteiger charge is 2.26. The number of carbonyl (C=O) groups excluding carboxylic acids is 1. The van der Waals surface area contributed by atoms with E-state index in [2.05, 4.69) is 4.90 Å². The Hall–Kier alpha value is -2.33. The highest BCUT2D eigenvalue weighted by molar-refractivity contribution is 5.98. The maximum absolute atomic E-state index is 12.8. The van der Waals surface area contributed by atoms with Gasteiger partial charge in [-0.1, -0.05) is 24.3 Å². The molecule has 0 aromatic heterocycles. The summed E-state index contributed by atoms with van der Waals surface area (Å²) < 4.78 is 5.22. The van der Waals surface area contributed by atoms with Crippen molar-refractivity contribution in [1.29, 1.82) is 0 Å². The largest absolute Gasteiger partial charge is 0.508 e. The number of ether oxygens (including phenoxy) is 1. The van der Waals surface area contributed by atoms with Crippen LogP contribution in [0.3, 0.4) is 0 Å². The third-order valence-corrected chi connectivity index (χ3v) is 4.57. The molecule has 0 spiro atoms. The number of phenols is 1. The summed E-state index contributed by atoms with van der Waals surface area (Å²) in [5.74, 6) is 1.23. The van der Waals surface area contributed by atoms with Gasteiger partial charge in [-0.3, -0.25) is 9.69 Å². The first-order valence-corrected chi connectivity index (χ1v) is 8.34. The first-order valence-electron chi connectivity index (χ1n) is 8.34. The fourth-order valence-corrected chi connectivity index (χ4v) is 3.28. The van der Waals surface area contributed by atoms with E-state index in [1.807, 2.05) is 36.4 Å². The zero-order valence-electron chi connectivity index (χ0n) is 13.9. The smallest absolute Gasteiger partial charge is 0.167 e. The molecule has 1 fully saturated rings. The number of carbonyl (C=O) groups is 1. The molecule has 4 nitrogen and oxygen atoms in total. The van der Waals surface area contributed by atoms with Gasteiger partial charge in [0.1, 0.15) is 11.5 Å². The highest BCUT2D eigenvalue weighted by Crippen LogP contribution is 2.24.